The van der Waals surface area contributed by atoms with Crippen LogP contribution >= 0.6 is 0 Å². The van der Waals surface area contributed by atoms with Crippen LogP contribution in [0.4, 0.5) is 0 Å². The van der Waals surface area contributed by atoms with Gasteiger partial charge in [-0.15, -0.1) is 0 Å². The molecule has 3 aromatic heterocycles. The summed E-state index contributed by atoms with van der Waals surface area (Å²) in [6, 6.07) is 58.6. The third-order valence-corrected chi connectivity index (χ3v) is 9.45. The Bertz CT molecular complexity index is 2870. The first kappa shape index (κ1) is 28.2. The van der Waals surface area contributed by atoms with Crippen LogP contribution in [0.25, 0.3) is 94.7 Å². The second-order valence-corrected chi connectivity index (χ2v) is 12.5. The molecule has 0 aliphatic carbocycles. The fraction of sp³-hybridized carbons (Fsp3) is 0. The van der Waals surface area contributed by atoms with Crippen molar-refractivity contribution in [2.75, 3.05) is 0 Å². The molecule has 0 saturated carbocycles. The van der Waals surface area contributed by atoms with Gasteiger partial charge in [0.25, 0.3) is 0 Å². The van der Waals surface area contributed by atoms with Gasteiger partial charge >= 0.3 is 0 Å². The number of benzene rings is 7. The van der Waals surface area contributed by atoms with Crippen molar-refractivity contribution in [1.29, 1.82) is 0 Å². The number of aromatic nitrogens is 4. The summed E-state index contributed by atoms with van der Waals surface area (Å²) in [5.74, 6) is 1.84. The van der Waals surface area contributed by atoms with Gasteiger partial charge in [-0.1, -0.05) is 121 Å². The van der Waals surface area contributed by atoms with Crippen LogP contribution in [0.3, 0.4) is 0 Å². The molecule has 0 aliphatic rings. The Balaban J connectivity index is 1.14. The fourth-order valence-electron chi connectivity index (χ4n) is 7.15. The molecular weight excluding hydrogens is 613 g/mol. The molecule has 0 unspecified atom stereocenters. The van der Waals surface area contributed by atoms with E-state index in [4.69, 9.17) is 19.4 Å². The van der Waals surface area contributed by atoms with Crippen molar-refractivity contribution in [3.63, 3.8) is 0 Å². The van der Waals surface area contributed by atoms with Crippen molar-refractivity contribution in [2.24, 2.45) is 0 Å². The Labute approximate surface area is 287 Å². The summed E-state index contributed by atoms with van der Waals surface area (Å²) < 4.78 is 8.56. The molecule has 5 heteroatoms. The van der Waals surface area contributed by atoms with Crippen LogP contribution < -0.4 is 0 Å². The molecule has 10 rings (SSSR count). The molecule has 10 aromatic rings. The standard InChI is InChI=1S/C45H28N4O/c1-3-13-29(14-4-1)43-46-44(48-45(47-43)36-21-12-24-41-42(36)35-20-8-10-23-40(35)50-41)32-16-11-15-30(27-32)31-25-26-39-37(28-31)34-19-7-9-22-38(34)49(39)33-17-5-2-6-18-33/h1-28H. The Morgan fingerprint density at radius 2 is 0.980 bits per heavy atom. The second kappa shape index (κ2) is 11.4. The van der Waals surface area contributed by atoms with E-state index in [0.29, 0.717) is 17.5 Å². The Morgan fingerprint density at radius 1 is 0.380 bits per heavy atom. The van der Waals surface area contributed by atoms with Crippen LogP contribution in [0.15, 0.2) is 174 Å². The molecule has 0 atom stereocenters. The molecule has 0 saturated heterocycles. The van der Waals surface area contributed by atoms with Gasteiger partial charge in [0.15, 0.2) is 17.5 Å². The molecule has 0 amide bonds. The summed E-state index contributed by atoms with van der Waals surface area (Å²) in [6.07, 6.45) is 0. The number of fused-ring (bicyclic) bond motifs is 6. The van der Waals surface area contributed by atoms with Gasteiger partial charge in [-0.2, -0.15) is 0 Å². The molecule has 0 spiro atoms. The zero-order valence-corrected chi connectivity index (χ0v) is 26.9. The number of rotatable bonds is 5. The van der Waals surface area contributed by atoms with E-state index >= 15 is 0 Å². The van der Waals surface area contributed by atoms with E-state index in [0.717, 1.165) is 55.4 Å². The zero-order chi connectivity index (χ0) is 33.0. The normalized spacial score (nSPS) is 11.6. The largest absolute Gasteiger partial charge is 0.456 e. The Hall–Kier alpha value is -6.85. The number of furan rings is 1. The van der Waals surface area contributed by atoms with Crippen molar-refractivity contribution in [3.05, 3.63) is 170 Å². The minimum atomic E-state index is 0.603. The van der Waals surface area contributed by atoms with Crippen molar-refractivity contribution in [1.82, 2.24) is 19.5 Å². The number of nitrogens with zero attached hydrogens (tertiary/aromatic N) is 4. The van der Waals surface area contributed by atoms with Gasteiger partial charge in [0, 0.05) is 43.9 Å². The highest BCUT2D eigenvalue weighted by Gasteiger charge is 2.18. The molecule has 0 radical (unpaired) electrons. The van der Waals surface area contributed by atoms with Crippen LogP contribution in [0.5, 0.6) is 0 Å². The maximum absolute atomic E-state index is 6.22. The summed E-state index contributed by atoms with van der Waals surface area (Å²) >= 11 is 0. The van der Waals surface area contributed by atoms with E-state index in [-0.39, 0.29) is 0 Å². The first-order valence-corrected chi connectivity index (χ1v) is 16.7. The van der Waals surface area contributed by atoms with Crippen LogP contribution in [-0.2, 0) is 0 Å². The van der Waals surface area contributed by atoms with Crippen LogP contribution in [-0.4, -0.2) is 19.5 Å². The number of hydrogen-bond donors (Lipinski definition) is 0. The van der Waals surface area contributed by atoms with Crippen molar-refractivity contribution in [3.8, 4) is 51.0 Å². The summed E-state index contributed by atoms with van der Waals surface area (Å²) in [6.45, 7) is 0. The maximum Gasteiger partial charge on any atom is 0.164 e. The van der Waals surface area contributed by atoms with Crippen molar-refractivity contribution >= 4 is 43.7 Å². The predicted molar refractivity (Wildman–Crippen MR) is 203 cm³/mol. The molecule has 0 N–H and O–H groups in total. The summed E-state index contributed by atoms with van der Waals surface area (Å²) in [7, 11) is 0. The Morgan fingerprint density at radius 3 is 1.84 bits per heavy atom. The topological polar surface area (TPSA) is 56.7 Å². The molecule has 0 aliphatic heterocycles. The molecule has 7 aromatic carbocycles. The average Bonchev–Trinajstić information content (AvgIpc) is 3.74. The van der Waals surface area contributed by atoms with E-state index in [1.165, 1.54) is 21.8 Å². The van der Waals surface area contributed by atoms with E-state index in [1.54, 1.807) is 0 Å². The van der Waals surface area contributed by atoms with Gasteiger partial charge in [-0.25, -0.2) is 15.0 Å². The van der Waals surface area contributed by atoms with E-state index < -0.39 is 0 Å². The third kappa shape index (κ3) is 4.60. The third-order valence-electron chi connectivity index (χ3n) is 9.45. The molecule has 0 bridgehead atoms. The first-order chi connectivity index (χ1) is 24.8. The molecule has 234 valence electrons. The van der Waals surface area contributed by atoms with E-state index in [2.05, 4.69) is 114 Å². The van der Waals surface area contributed by atoms with Gasteiger partial charge in [0.05, 0.1) is 11.0 Å². The molecule has 5 nitrogen and oxygen atoms in total. The molecule has 50 heavy (non-hydrogen) atoms. The first-order valence-electron chi connectivity index (χ1n) is 16.7. The number of hydrogen-bond acceptors (Lipinski definition) is 4. The lowest BCUT2D eigenvalue weighted by Crippen LogP contribution is -2.00. The maximum atomic E-state index is 6.22. The Kier molecular flexibility index (Phi) is 6.42. The molecule has 0 fully saturated rings. The predicted octanol–water partition coefficient (Wildman–Crippen LogP) is 11.5. The van der Waals surface area contributed by atoms with Crippen LogP contribution in [0.1, 0.15) is 0 Å². The SMILES string of the molecule is c1ccc(-c2nc(-c3cccc(-c4ccc5c(c4)c4ccccc4n5-c4ccccc4)c3)nc(-c3cccc4oc5ccccc5c34)n2)cc1. The van der Waals surface area contributed by atoms with Crippen LogP contribution in [0, 0.1) is 0 Å². The minimum Gasteiger partial charge on any atom is -0.456 e. The van der Waals surface area contributed by atoms with Gasteiger partial charge in [0.1, 0.15) is 11.2 Å². The summed E-state index contributed by atoms with van der Waals surface area (Å²) in [5, 5.41) is 4.46. The second-order valence-electron chi connectivity index (χ2n) is 12.5. The average molecular weight is 641 g/mol. The number of para-hydroxylation sites is 3. The summed E-state index contributed by atoms with van der Waals surface area (Å²) in [4.78, 5) is 15.2. The van der Waals surface area contributed by atoms with Gasteiger partial charge < -0.3 is 8.98 Å². The molecular formula is C45H28N4O. The highest BCUT2D eigenvalue weighted by atomic mass is 16.3. The lowest BCUT2D eigenvalue weighted by Gasteiger charge is -2.11. The monoisotopic (exact) mass is 640 g/mol. The van der Waals surface area contributed by atoms with E-state index in [9.17, 15) is 0 Å². The quantitative estimate of drug-likeness (QED) is 0.188. The summed E-state index contributed by atoms with van der Waals surface area (Å²) in [5.41, 5.74) is 10.1. The van der Waals surface area contributed by atoms with Gasteiger partial charge in [-0.05, 0) is 59.7 Å². The fourth-order valence-corrected chi connectivity index (χ4v) is 7.15. The highest BCUT2D eigenvalue weighted by molar-refractivity contribution is 6.12. The highest BCUT2D eigenvalue weighted by Crippen LogP contribution is 2.38. The lowest BCUT2D eigenvalue weighted by atomic mass is 10.0. The van der Waals surface area contributed by atoms with Crippen molar-refractivity contribution in [2.45, 2.75) is 0 Å². The van der Waals surface area contributed by atoms with Crippen LogP contribution in [0.2, 0.25) is 0 Å². The smallest absolute Gasteiger partial charge is 0.164 e. The zero-order valence-electron chi connectivity index (χ0n) is 26.9. The van der Waals surface area contributed by atoms with Crippen molar-refractivity contribution < 1.29 is 4.42 Å². The van der Waals surface area contributed by atoms with E-state index in [1.807, 2.05) is 60.7 Å². The van der Waals surface area contributed by atoms with Gasteiger partial charge in [-0.3, -0.25) is 0 Å². The minimum absolute atomic E-state index is 0.603. The lowest BCUT2D eigenvalue weighted by molar-refractivity contribution is 0.669. The van der Waals surface area contributed by atoms with Gasteiger partial charge in [0.2, 0.25) is 0 Å². The molecule has 3 heterocycles.